The quantitative estimate of drug-likeness (QED) is 0.194. The van der Waals surface area contributed by atoms with Crippen LogP contribution in [0.5, 0.6) is 11.5 Å². The van der Waals surface area contributed by atoms with Gasteiger partial charge in [-0.3, -0.25) is 14.6 Å². The highest BCUT2D eigenvalue weighted by Gasteiger charge is 2.38. The minimum atomic E-state index is -5.08. The predicted octanol–water partition coefficient (Wildman–Crippen LogP) is 6.02. The van der Waals surface area contributed by atoms with E-state index < -0.39 is 29.9 Å². The molecule has 3 N–H and O–H groups in total. The van der Waals surface area contributed by atoms with Gasteiger partial charge in [0.1, 0.15) is 11.4 Å². The first-order chi connectivity index (χ1) is 21.6. The molecule has 2 amide bonds. The van der Waals surface area contributed by atoms with E-state index in [1.807, 2.05) is 24.3 Å². The Morgan fingerprint density at radius 2 is 1.76 bits per heavy atom. The second kappa shape index (κ2) is 15.0. The molecule has 46 heavy (non-hydrogen) atoms. The maximum atomic E-state index is 15.4. The standard InChI is InChI=1S/C28H24Cl2FN5O3.C2HF3O2/c1-16(33-2)28(38)35(3)36-23-7-5-4-6-18(23)12-24(36)27(37)34-15-19-8-9-22(30)26(25(19)31)39-21-11-17(14-32)10-20(29)13-21;3-2(4,5)1(6)7/h4-13,16,33H,15H2,1-3H3,(H,34,37);(H,6,7)/t16-;/m0./s1. The maximum absolute atomic E-state index is 15.4. The highest BCUT2D eigenvalue weighted by atomic mass is 35.5. The number of amides is 2. The zero-order valence-electron chi connectivity index (χ0n) is 24.2. The number of aliphatic carboxylic acids is 1. The average molecular weight is 682 g/mol. The minimum absolute atomic E-state index is 0.0000219. The number of aromatic nitrogens is 1. The van der Waals surface area contributed by atoms with Crippen LogP contribution in [0.25, 0.3) is 10.9 Å². The topological polar surface area (TPSA) is 137 Å². The van der Waals surface area contributed by atoms with Crippen LogP contribution in [-0.4, -0.2) is 53.9 Å². The van der Waals surface area contributed by atoms with E-state index in [4.69, 9.17) is 43.1 Å². The normalized spacial score (nSPS) is 11.6. The number of likely N-dealkylation sites (N-methyl/N-ethyl adjacent to an activating group) is 2. The van der Waals surface area contributed by atoms with Gasteiger partial charge in [0.05, 0.1) is 28.2 Å². The van der Waals surface area contributed by atoms with Gasteiger partial charge in [0.25, 0.3) is 11.8 Å². The van der Waals surface area contributed by atoms with Crippen LogP contribution in [0.3, 0.4) is 0 Å². The Kier molecular flexibility index (Phi) is 11.6. The molecule has 0 fully saturated rings. The SMILES string of the molecule is CN[C@@H](C)C(=O)N(C)n1c(C(=O)NCc2ccc(Cl)c(Oc3cc(Cl)cc(C#N)c3)c2F)cc2ccccc21.O=C(O)C(F)(F)F. The van der Waals surface area contributed by atoms with E-state index >= 15 is 4.39 Å². The molecule has 16 heteroatoms. The molecule has 4 aromatic rings. The van der Waals surface area contributed by atoms with E-state index in [2.05, 4.69) is 10.6 Å². The lowest BCUT2D eigenvalue weighted by molar-refractivity contribution is -0.192. The number of alkyl halides is 3. The molecule has 0 spiro atoms. The van der Waals surface area contributed by atoms with Crippen molar-refractivity contribution in [3.8, 4) is 17.6 Å². The third kappa shape index (κ3) is 8.45. The Balaban J connectivity index is 0.000000738. The molecule has 242 valence electrons. The lowest BCUT2D eigenvalue weighted by atomic mass is 10.2. The monoisotopic (exact) mass is 681 g/mol. The first kappa shape index (κ1) is 35.6. The first-order valence-electron chi connectivity index (χ1n) is 13.1. The number of halogens is 6. The van der Waals surface area contributed by atoms with Gasteiger partial charge in [-0.1, -0.05) is 47.5 Å². The number of nitriles is 1. The lowest BCUT2D eigenvalue weighted by Crippen LogP contribution is -2.48. The zero-order valence-corrected chi connectivity index (χ0v) is 25.8. The van der Waals surface area contributed by atoms with Gasteiger partial charge in [0.2, 0.25) is 0 Å². The van der Waals surface area contributed by atoms with Crippen molar-refractivity contribution >= 4 is 51.9 Å². The summed E-state index contributed by atoms with van der Waals surface area (Å²) < 4.78 is 54.3. The van der Waals surface area contributed by atoms with Crippen LogP contribution in [0.1, 0.15) is 28.5 Å². The Labute approximate surface area is 269 Å². The number of ether oxygens (including phenoxy) is 1. The van der Waals surface area contributed by atoms with Crippen molar-refractivity contribution in [2.45, 2.75) is 25.7 Å². The largest absolute Gasteiger partial charge is 0.490 e. The highest BCUT2D eigenvalue weighted by molar-refractivity contribution is 6.32. The molecular weight excluding hydrogens is 657 g/mol. The van der Waals surface area contributed by atoms with Crippen LogP contribution in [0, 0.1) is 17.1 Å². The van der Waals surface area contributed by atoms with Crippen LogP contribution in [0.2, 0.25) is 10.0 Å². The summed E-state index contributed by atoms with van der Waals surface area (Å²) in [6.07, 6.45) is -5.08. The van der Waals surface area contributed by atoms with E-state index in [1.54, 1.807) is 33.2 Å². The molecule has 1 heterocycles. The van der Waals surface area contributed by atoms with Crippen LogP contribution < -0.4 is 20.4 Å². The summed E-state index contributed by atoms with van der Waals surface area (Å²) in [4.78, 5) is 35.1. The van der Waals surface area contributed by atoms with Crippen LogP contribution in [0.4, 0.5) is 17.6 Å². The number of benzene rings is 3. The van der Waals surface area contributed by atoms with Crippen molar-refractivity contribution in [3.63, 3.8) is 0 Å². The number of carboxylic acid groups (broad SMARTS) is 1. The predicted molar refractivity (Wildman–Crippen MR) is 162 cm³/mol. The van der Waals surface area contributed by atoms with E-state index in [-0.39, 0.29) is 50.8 Å². The first-order valence-corrected chi connectivity index (χ1v) is 13.8. The molecule has 0 bridgehead atoms. The number of carboxylic acids is 1. The molecule has 1 aromatic heterocycles. The maximum Gasteiger partial charge on any atom is 0.490 e. The highest BCUT2D eigenvalue weighted by Crippen LogP contribution is 2.35. The van der Waals surface area contributed by atoms with E-state index in [0.29, 0.717) is 5.52 Å². The van der Waals surface area contributed by atoms with Crippen LogP contribution >= 0.6 is 23.2 Å². The van der Waals surface area contributed by atoms with Gasteiger partial charge < -0.3 is 20.5 Å². The van der Waals surface area contributed by atoms with Gasteiger partial charge in [-0.25, -0.2) is 13.9 Å². The summed E-state index contributed by atoms with van der Waals surface area (Å²) in [6, 6.07) is 17.6. The number of fused-ring (bicyclic) bond motifs is 1. The number of nitrogens with one attached hydrogen (secondary N) is 2. The number of nitrogens with zero attached hydrogens (tertiary/aromatic N) is 3. The van der Waals surface area contributed by atoms with Crippen molar-refractivity contribution in [1.29, 1.82) is 5.26 Å². The number of hydrogen-bond donors (Lipinski definition) is 3. The van der Waals surface area contributed by atoms with Gasteiger partial charge in [0, 0.05) is 29.6 Å². The lowest BCUT2D eigenvalue weighted by Gasteiger charge is -2.25. The fourth-order valence-corrected chi connectivity index (χ4v) is 4.41. The Bertz CT molecular complexity index is 1820. The Hall–Kier alpha value is -4.84. The molecular formula is C30H25Cl2F4N5O5. The van der Waals surface area contributed by atoms with Gasteiger partial charge in [-0.05, 0) is 50.4 Å². The van der Waals surface area contributed by atoms with Gasteiger partial charge in [-0.2, -0.15) is 18.4 Å². The third-order valence-electron chi connectivity index (χ3n) is 6.37. The molecule has 0 saturated carbocycles. The average Bonchev–Trinajstić information content (AvgIpc) is 3.40. The second-order valence-electron chi connectivity index (χ2n) is 9.50. The van der Waals surface area contributed by atoms with Gasteiger partial charge in [0.15, 0.2) is 11.6 Å². The molecule has 0 aliphatic carbocycles. The molecule has 10 nitrogen and oxygen atoms in total. The molecule has 0 aliphatic heterocycles. The summed E-state index contributed by atoms with van der Waals surface area (Å²) in [6.45, 7) is 1.53. The zero-order chi connectivity index (χ0) is 34.3. The fourth-order valence-electron chi connectivity index (χ4n) is 4.00. The van der Waals surface area contributed by atoms with Crippen LogP contribution in [-0.2, 0) is 16.1 Å². The molecule has 0 radical (unpaired) electrons. The van der Waals surface area contributed by atoms with Gasteiger partial charge in [-0.15, -0.1) is 0 Å². The number of hydrogen-bond acceptors (Lipinski definition) is 6. The Morgan fingerprint density at radius 3 is 2.37 bits per heavy atom. The summed E-state index contributed by atoms with van der Waals surface area (Å²) in [5.41, 5.74) is 1.21. The van der Waals surface area contributed by atoms with Crippen molar-refractivity contribution in [1.82, 2.24) is 15.3 Å². The smallest absolute Gasteiger partial charge is 0.475 e. The van der Waals surface area contributed by atoms with E-state index in [1.165, 1.54) is 40.0 Å². The fraction of sp³-hybridized carbons (Fsp3) is 0.200. The van der Waals surface area contributed by atoms with Crippen molar-refractivity contribution in [2.24, 2.45) is 0 Å². The minimum Gasteiger partial charge on any atom is -0.475 e. The summed E-state index contributed by atoms with van der Waals surface area (Å²) in [5, 5.41) is 24.3. The molecule has 3 aromatic carbocycles. The molecule has 0 unspecified atom stereocenters. The molecule has 1 atom stereocenters. The summed E-state index contributed by atoms with van der Waals surface area (Å²) >= 11 is 12.2. The van der Waals surface area contributed by atoms with E-state index in [0.717, 1.165) is 5.39 Å². The van der Waals surface area contributed by atoms with Crippen molar-refractivity contribution in [2.75, 3.05) is 19.1 Å². The van der Waals surface area contributed by atoms with Crippen molar-refractivity contribution in [3.05, 3.63) is 93.3 Å². The number of para-hydroxylation sites is 1. The van der Waals surface area contributed by atoms with Crippen LogP contribution in [0.15, 0.2) is 60.7 Å². The Morgan fingerprint density at radius 1 is 1.11 bits per heavy atom. The summed E-state index contributed by atoms with van der Waals surface area (Å²) in [5.74, 6) is -4.44. The summed E-state index contributed by atoms with van der Waals surface area (Å²) in [7, 11) is 3.25. The molecule has 0 aliphatic rings. The second-order valence-corrected chi connectivity index (χ2v) is 10.3. The molecule has 4 rings (SSSR count). The van der Waals surface area contributed by atoms with Gasteiger partial charge >= 0.3 is 12.1 Å². The van der Waals surface area contributed by atoms with Crippen molar-refractivity contribution < 1.29 is 41.8 Å². The number of carbonyl (C=O) groups excluding carboxylic acids is 2. The number of rotatable bonds is 8. The molecule has 0 saturated heterocycles. The third-order valence-corrected chi connectivity index (χ3v) is 6.89. The van der Waals surface area contributed by atoms with E-state index in [9.17, 15) is 22.8 Å². The number of carbonyl (C=O) groups is 3.